The Balaban J connectivity index is 1.32. The summed E-state index contributed by atoms with van der Waals surface area (Å²) in [7, 11) is 0. The summed E-state index contributed by atoms with van der Waals surface area (Å²) in [5, 5.41) is 5.58. The summed E-state index contributed by atoms with van der Waals surface area (Å²) in [5.74, 6) is 0.796. The molecule has 2 N–H and O–H groups in total. The molecule has 2 heterocycles. The molecule has 0 aliphatic carbocycles. The number of ether oxygens (including phenoxy) is 2. The molecule has 0 fully saturated rings. The SMILES string of the molecule is Cc1nc2ccccc2nc1SCC(=O)NC(=O)Nc1ccc2c(c1)OCCO2. The number of aromatic nitrogens is 2. The standard InChI is InChI=1S/C20H18N4O4S/c1-12-19(23-15-5-3-2-4-14(15)21-12)29-11-18(25)24-20(26)22-13-6-7-16-17(10-13)28-9-8-27-16/h2-7,10H,8-9,11H2,1H3,(H2,22,24,25,26). The lowest BCUT2D eigenvalue weighted by Gasteiger charge is -2.19. The summed E-state index contributed by atoms with van der Waals surface area (Å²) in [5.41, 5.74) is 2.81. The third-order valence-electron chi connectivity index (χ3n) is 4.09. The molecule has 0 unspecified atom stereocenters. The fraction of sp³-hybridized carbons (Fsp3) is 0.200. The van der Waals surface area contributed by atoms with Gasteiger partial charge in [0.25, 0.3) is 0 Å². The van der Waals surface area contributed by atoms with E-state index in [-0.39, 0.29) is 5.75 Å². The number of nitrogens with one attached hydrogen (secondary N) is 2. The molecular weight excluding hydrogens is 392 g/mol. The van der Waals surface area contributed by atoms with Gasteiger partial charge in [0.05, 0.1) is 22.5 Å². The smallest absolute Gasteiger partial charge is 0.325 e. The lowest BCUT2D eigenvalue weighted by atomic mass is 10.2. The fourth-order valence-electron chi connectivity index (χ4n) is 2.79. The first kappa shape index (κ1) is 19.0. The van der Waals surface area contributed by atoms with Gasteiger partial charge in [-0.15, -0.1) is 0 Å². The quantitative estimate of drug-likeness (QED) is 0.637. The molecule has 3 amide bonds. The van der Waals surface area contributed by atoms with Crippen LogP contribution in [0.25, 0.3) is 11.0 Å². The number of aryl methyl sites for hydroxylation is 1. The predicted molar refractivity (Wildman–Crippen MR) is 110 cm³/mol. The second-order valence-corrected chi connectivity index (χ2v) is 7.22. The van der Waals surface area contributed by atoms with Gasteiger partial charge in [0.15, 0.2) is 11.5 Å². The van der Waals surface area contributed by atoms with Gasteiger partial charge < -0.3 is 14.8 Å². The molecule has 1 aliphatic rings. The van der Waals surface area contributed by atoms with Crippen molar-refractivity contribution in [1.29, 1.82) is 0 Å². The Morgan fingerprint density at radius 3 is 2.55 bits per heavy atom. The van der Waals surface area contributed by atoms with Crippen LogP contribution >= 0.6 is 11.8 Å². The second-order valence-electron chi connectivity index (χ2n) is 6.25. The van der Waals surface area contributed by atoms with Gasteiger partial charge >= 0.3 is 6.03 Å². The molecule has 29 heavy (non-hydrogen) atoms. The van der Waals surface area contributed by atoms with Crippen LogP contribution < -0.4 is 20.1 Å². The van der Waals surface area contributed by atoms with Crippen LogP contribution in [0.15, 0.2) is 47.5 Å². The molecule has 8 nitrogen and oxygen atoms in total. The van der Waals surface area contributed by atoms with E-state index in [9.17, 15) is 9.59 Å². The summed E-state index contributed by atoms with van der Waals surface area (Å²) in [4.78, 5) is 33.2. The first-order valence-electron chi connectivity index (χ1n) is 8.95. The number of imide groups is 1. The molecular formula is C20H18N4O4S. The Morgan fingerprint density at radius 2 is 1.76 bits per heavy atom. The molecule has 9 heteroatoms. The minimum Gasteiger partial charge on any atom is -0.486 e. The van der Waals surface area contributed by atoms with Gasteiger partial charge in [-0.2, -0.15) is 0 Å². The van der Waals surface area contributed by atoms with Crippen LogP contribution in [0.1, 0.15) is 5.69 Å². The number of hydrogen-bond acceptors (Lipinski definition) is 7. The van der Waals surface area contributed by atoms with E-state index in [0.717, 1.165) is 16.7 Å². The Bertz CT molecular complexity index is 1090. The normalized spacial score (nSPS) is 12.4. The van der Waals surface area contributed by atoms with Crippen LogP contribution in [0, 0.1) is 6.92 Å². The van der Waals surface area contributed by atoms with Gasteiger partial charge in [0.2, 0.25) is 5.91 Å². The first-order valence-corrected chi connectivity index (χ1v) is 9.94. The maximum Gasteiger partial charge on any atom is 0.325 e. The van der Waals surface area contributed by atoms with Gasteiger partial charge in [-0.1, -0.05) is 23.9 Å². The van der Waals surface area contributed by atoms with Crippen LogP contribution in [-0.2, 0) is 4.79 Å². The number of hydrogen-bond donors (Lipinski definition) is 2. The Kier molecular flexibility index (Phi) is 5.48. The molecule has 0 radical (unpaired) electrons. The summed E-state index contributed by atoms with van der Waals surface area (Å²) in [6.45, 7) is 2.79. The molecule has 0 spiro atoms. The number of benzene rings is 2. The second kappa shape index (κ2) is 8.36. The van der Waals surface area contributed by atoms with Crippen molar-refractivity contribution in [3.05, 3.63) is 48.2 Å². The lowest BCUT2D eigenvalue weighted by Crippen LogP contribution is -2.35. The average Bonchev–Trinajstić information content (AvgIpc) is 2.72. The van der Waals surface area contributed by atoms with E-state index in [0.29, 0.717) is 35.4 Å². The van der Waals surface area contributed by atoms with Gasteiger partial charge in [0.1, 0.15) is 18.2 Å². The number of nitrogens with zero attached hydrogens (tertiary/aromatic N) is 2. The minimum absolute atomic E-state index is 0.0441. The maximum atomic E-state index is 12.1. The number of carbonyl (C=O) groups excluding carboxylic acids is 2. The van der Waals surface area contributed by atoms with Crippen LogP contribution in [0.5, 0.6) is 11.5 Å². The highest BCUT2D eigenvalue weighted by Crippen LogP contribution is 2.32. The van der Waals surface area contributed by atoms with E-state index in [1.54, 1.807) is 18.2 Å². The van der Waals surface area contributed by atoms with E-state index in [4.69, 9.17) is 9.47 Å². The highest BCUT2D eigenvalue weighted by molar-refractivity contribution is 7.99. The Morgan fingerprint density at radius 1 is 1.03 bits per heavy atom. The minimum atomic E-state index is -0.617. The third kappa shape index (κ3) is 4.57. The highest BCUT2D eigenvalue weighted by Gasteiger charge is 2.15. The Hall–Kier alpha value is -3.33. The zero-order chi connectivity index (χ0) is 20.2. The fourth-order valence-corrected chi connectivity index (χ4v) is 3.55. The van der Waals surface area contributed by atoms with Crippen molar-refractivity contribution >= 4 is 40.4 Å². The van der Waals surface area contributed by atoms with Crippen molar-refractivity contribution in [3.63, 3.8) is 0 Å². The van der Waals surface area contributed by atoms with E-state index < -0.39 is 11.9 Å². The number of anilines is 1. The maximum absolute atomic E-state index is 12.1. The predicted octanol–water partition coefficient (Wildman–Crippen LogP) is 3.15. The van der Waals surface area contributed by atoms with Crippen LogP contribution in [0.3, 0.4) is 0 Å². The first-order chi connectivity index (χ1) is 14.1. The Labute approximate surface area is 171 Å². The summed E-state index contributed by atoms with van der Waals surface area (Å²) in [6.07, 6.45) is 0. The van der Waals surface area contributed by atoms with Crippen LogP contribution in [0.2, 0.25) is 0 Å². The molecule has 0 atom stereocenters. The lowest BCUT2D eigenvalue weighted by molar-refractivity contribution is -0.117. The number of rotatable bonds is 4. The number of carbonyl (C=O) groups is 2. The van der Waals surface area contributed by atoms with E-state index >= 15 is 0 Å². The van der Waals surface area contributed by atoms with E-state index in [2.05, 4.69) is 20.6 Å². The number of para-hydroxylation sites is 2. The van der Waals surface area contributed by atoms with Crippen LogP contribution in [0.4, 0.5) is 10.5 Å². The molecule has 1 aromatic heterocycles. The molecule has 0 saturated carbocycles. The molecule has 3 aromatic rings. The third-order valence-corrected chi connectivity index (χ3v) is 5.16. The van der Waals surface area contributed by atoms with E-state index in [1.165, 1.54) is 11.8 Å². The van der Waals surface area contributed by atoms with Crippen molar-refractivity contribution in [2.75, 3.05) is 24.3 Å². The van der Waals surface area contributed by atoms with Crippen LogP contribution in [-0.4, -0.2) is 40.9 Å². The molecule has 0 bridgehead atoms. The van der Waals surface area contributed by atoms with Gasteiger partial charge in [-0.25, -0.2) is 14.8 Å². The largest absolute Gasteiger partial charge is 0.486 e. The molecule has 1 aliphatic heterocycles. The monoisotopic (exact) mass is 410 g/mol. The van der Waals surface area contributed by atoms with Crippen molar-refractivity contribution in [3.8, 4) is 11.5 Å². The number of amides is 3. The van der Waals surface area contributed by atoms with Crippen molar-refractivity contribution < 1.29 is 19.1 Å². The van der Waals surface area contributed by atoms with Crippen molar-refractivity contribution in [1.82, 2.24) is 15.3 Å². The molecule has 4 rings (SSSR count). The zero-order valence-electron chi connectivity index (χ0n) is 15.6. The topological polar surface area (TPSA) is 102 Å². The zero-order valence-corrected chi connectivity index (χ0v) is 16.4. The number of urea groups is 1. The molecule has 2 aromatic carbocycles. The molecule has 148 valence electrons. The van der Waals surface area contributed by atoms with Gasteiger partial charge in [-0.05, 0) is 31.2 Å². The summed E-state index contributed by atoms with van der Waals surface area (Å²) < 4.78 is 10.9. The summed E-state index contributed by atoms with van der Waals surface area (Å²) >= 11 is 1.23. The highest BCUT2D eigenvalue weighted by atomic mass is 32.2. The number of fused-ring (bicyclic) bond motifs is 2. The van der Waals surface area contributed by atoms with Crippen molar-refractivity contribution in [2.45, 2.75) is 11.9 Å². The molecule has 0 saturated heterocycles. The number of thioether (sulfide) groups is 1. The van der Waals surface area contributed by atoms with E-state index in [1.807, 2.05) is 31.2 Å². The van der Waals surface area contributed by atoms with Crippen molar-refractivity contribution in [2.24, 2.45) is 0 Å². The summed E-state index contributed by atoms with van der Waals surface area (Å²) in [6, 6.07) is 12.0. The average molecular weight is 410 g/mol. The van der Waals surface area contributed by atoms with Gasteiger partial charge in [0, 0.05) is 11.8 Å². The van der Waals surface area contributed by atoms with Gasteiger partial charge in [-0.3, -0.25) is 10.1 Å².